The molecule has 0 aromatic heterocycles. The fourth-order valence-corrected chi connectivity index (χ4v) is 3.50. The van der Waals surface area contributed by atoms with Crippen LogP contribution in [0.1, 0.15) is 12.5 Å². The number of hydrogen-bond donors (Lipinski definition) is 1. The number of nitriles is 1. The lowest BCUT2D eigenvalue weighted by Gasteiger charge is -2.07. The summed E-state index contributed by atoms with van der Waals surface area (Å²) in [6.45, 7) is 1.55. The first-order valence-electron chi connectivity index (χ1n) is 5.02. The van der Waals surface area contributed by atoms with Crippen LogP contribution in [0.4, 0.5) is 5.69 Å². The van der Waals surface area contributed by atoms with Gasteiger partial charge in [-0.1, -0.05) is 13.0 Å². The van der Waals surface area contributed by atoms with Crippen LogP contribution in [0.5, 0.6) is 0 Å². The Bertz CT molecular complexity index is 629. The third-order valence-electron chi connectivity index (χ3n) is 2.65. The molecule has 1 N–H and O–H groups in total. The Hall–Kier alpha value is -1.87. The normalized spacial score (nSPS) is 21.9. The van der Waals surface area contributed by atoms with Gasteiger partial charge in [-0.15, -0.1) is 0 Å². The number of nitrogens with zero attached hydrogens (tertiary/aromatic N) is 1. The molecule has 1 aliphatic rings. The summed E-state index contributed by atoms with van der Waals surface area (Å²) in [7, 11) is -3.53. The molecule has 0 fully saturated rings. The van der Waals surface area contributed by atoms with Gasteiger partial charge in [-0.05, 0) is 12.1 Å². The summed E-state index contributed by atoms with van der Waals surface area (Å²) < 4.78 is 24.0. The summed E-state index contributed by atoms with van der Waals surface area (Å²) >= 11 is 0. The summed E-state index contributed by atoms with van der Waals surface area (Å²) in [6.07, 6.45) is 0. The van der Waals surface area contributed by atoms with Crippen molar-refractivity contribution in [1.29, 1.82) is 5.26 Å². The highest BCUT2D eigenvalue weighted by molar-refractivity contribution is 7.91. The Morgan fingerprint density at radius 1 is 1.47 bits per heavy atom. The maximum absolute atomic E-state index is 12.0. The van der Waals surface area contributed by atoms with E-state index in [-0.39, 0.29) is 27.8 Å². The highest BCUT2D eigenvalue weighted by Gasteiger charge is 2.31. The van der Waals surface area contributed by atoms with Crippen molar-refractivity contribution < 1.29 is 13.2 Å². The molecule has 17 heavy (non-hydrogen) atoms. The molecule has 0 aliphatic carbocycles. The quantitative estimate of drug-likeness (QED) is 0.741. The number of para-hydroxylation sites is 1. The van der Waals surface area contributed by atoms with Crippen molar-refractivity contribution in [2.75, 3.05) is 11.1 Å². The summed E-state index contributed by atoms with van der Waals surface area (Å²) in [5.41, 5.74) is 0.262. The molecule has 0 bridgehead atoms. The Morgan fingerprint density at radius 3 is 2.82 bits per heavy atom. The SMILES string of the molecule is CC1CS(=O)(=O)c2cccc(C#N)c2NC1=O. The Balaban J connectivity index is 2.74. The van der Waals surface area contributed by atoms with Gasteiger partial charge in [-0.2, -0.15) is 5.26 Å². The first-order valence-corrected chi connectivity index (χ1v) is 6.67. The number of anilines is 1. The molecule has 0 spiro atoms. The van der Waals surface area contributed by atoms with Crippen molar-refractivity contribution in [2.45, 2.75) is 11.8 Å². The number of carbonyl (C=O) groups excluding carboxylic acids is 1. The zero-order chi connectivity index (χ0) is 12.6. The summed E-state index contributed by atoms with van der Waals surface area (Å²) in [4.78, 5) is 11.7. The van der Waals surface area contributed by atoms with E-state index in [9.17, 15) is 13.2 Å². The highest BCUT2D eigenvalue weighted by Crippen LogP contribution is 2.30. The second-order valence-corrected chi connectivity index (χ2v) is 5.96. The predicted octanol–water partition coefficient (Wildman–Crippen LogP) is 0.920. The molecule has 1 aliphatic heterocycles. The molecule has 1 amide bonds. The van der Waals surface area contributed by atoms with E-state index < -0.39 is 15.8 Å². The number of sulfone groups is 1. The number of carbonyl (C=O) groups is 1. The van der Waals surface area contributed by atoms with Gasteiger partial charge in [0, 0.05) is 5.92 Å². The molecule has 1 atom stereocenters. The molecule has 1 unspecified atom stereocenters. The molecule has 0 radical (unpaired) electrons. The number of benzene rings is 1. The van der Waals surface area contributed by atoms with E-state index in [0.29, 0.717) is 0 Å². The summed E-state index contributed by atoms with van der Waals surface area (Å²) in [5.74, 6) is -1.24. The highest BCUT2D eigenvalue weighted by atomic mass is 32.2. The molecule has 0 saturated carbocycles. The number of nitrogens with one attached hydrogen (secondary N) is 1. The van der Waals surface area contributed by atoms with Crippen molar-refractivity contribution in [3.8, 4) is 6.07 Å². The predicted molar refractivity (Wildman–Crippen MR) is 61.0 cm³/mol. The van der Waals surface area contributed by atoms with E-state index in [0.717, 1.165) is 0 Å². The maximum Gasteiger partial charge on any atom is 0.228 e. The van der Waals surface area contributed by atoms with Crippen molar-refractivity contribution >= 4 is 21.4 Å². The monoisotopic (exact) mass is 250 g/mol. The number of rotatable bonds is 0. The standard InChI is InChI=1S/C11H10N2O3S/c1-7-6-17(15,16)9-4-2-3-8(5-12)10(9)13-11(7)14/h2-4,7H,6H2,1H3,(H,13,14). The molecular weight excluding hydrogens is 240 g/mol. The van der Waals surface area contributed by atoms with Crippen LogP contribution < -0.4 is 5.32 Å². The van der Waals surface area contributed by atoms with Crippen LogP contribution in [0.2, 0.25) is 0 Å². The average Bonchev–Trinajstić information content (AvgIpc) is 2.35. The summed E-state index contributed by atoms with van der Waals surface area (Å²) in [5, 5.41) is 11.4. The number of fused-ring (bicyclic) bond motifs is 1. The van der Waals surface area contributed by atoms with E-state index in [1.165, 1.54) is 18.2 Å². The number of amides is 1. The lowest BCUT2D eigenvalue weighted by molar-refractivity contribution is -0.118. The smallest absolute Gasteiger partial charge is 0.228 e. The van der Waals surface area contributed by atoms with Gasteiger partial charge in [0.15, 0.2) is 9.84 Å². The first kappa shape index (κ1) is 11.6. The van der Waals surface area contributed by atoms with Gasteiger partial charge >= 0.3 is 0 Å². The van der Waals surface area contributed by atoms with E-state index in [4.69, 9.17) is 5.26 Å². The minimum absolute atomic E-state index is 0.0225. The van der Waals surface area contributed by atoms with E-state index >= 15 is 0 Å². The zero-order valence-corrected chi connectivity index (χ0v) is 9.91. The lowest BCUT2D eigenvalue weighted by Crippen LogP contribution is -2.22. The van der Waals surface area contributed by atoms with Crippen LogP contribution in [0.25, 0.3) is 0 Å². The minimum Gasteiger partial charge on any atom is -0.324 e. The van der Waals surface area contributed by atoms with Gasteiger partial charge in [0.25, 0.3) is 0 Å². The van der Waals surface area contributed by atoms with E-state index in [2.05, 4.69) is 5.32 Å². The van der Waals surface area contributed by atoms with Crippen molar-refractivity contribution in [3.63, 3.8) is 0 Å². The Morgan fingerprint density at radius 2 is 2.18 bits per heavy atom. The maximum atomic E-state index is 12.0. The van der Waals surface area contributed by atoms with Gasteiger partial charge in [0.05, 0.1) is 21.9 Å². The van der Waals surface area contributed by atoms with Crippen molar-refractivity contribution in [2.24, 2.45) is 5.92 Å². The zero-order valence-electron chi connectivity index (χ0n) is 9.10. The van der Waals surface area contributed by atoms with Crippen LogP contribution in [0.15, 0.2) is 23.1 Å². The number of hydrogen-bond acceptors (Lipinski definition) is 4. The molecule has 6 heteroatoms. The van der Waals surface area contributed by atoms with Gasteiger partial charge in [0.1, 0.15) is 6.07 Å². The fourth-order valence-electron chi connectivity index (χ4n) is 1.75. The third-order valence-corrected chi connectivity index (χ3v) is 4.60. The van der Waals surface area contributed by atoms with Crippen LogP contribution in [0, 0.1) is 17.2 Å². The van der Waals surface area contributed by atoms with Crippen LogP contribution in [-0.4, -0.2) is 20.1 Å². The largest absolute Gasteiger partial charge is 0.324 e. The molecule has 0 saturated heterocycles. The van der Waals surface area contributed by atoms with Crippen molar-refractivity contribution in [3.05, 3.63) is 23.8 Å². The Kier molecular flexibility index (Phi) is 2.63. The van der Waals surface area contributed by atoms with Gasteiger partial charge in [-0.25, -0.2) is 8.42 Å². The second-order valence-electron chi connectivity index (χ2n) is 3.96. The molecule has 2 rings (SSSR count). The average molecular weight is 250 g/mol. The van der Waals surface area contributed by atoms with Crippen LogP contribution in [0.3, 0.4) is 0 Å². The molecular formula is C11H10N2O3S. The van der Waals surface area contributed by atoms with Crippen LogP contribution in [-0.2, 0) is 14.6 Å². The van der Waals surface area contributed by atoms with Crippen LogP contribution >= 0.6 is 0 Å². The Labute approximate surface area is 99.0 Å². The van der Waals surface area contributed by atoms with Gasteiger partial charge in [0.2, 0.25) is 5.91 Å². The fraction of sp³-hybridized carbons (Fsp3) is 0.273. The topological polar surface area (TPSA) is 87.0 Å². The summed E-state index contributed by atoms with van der Waals surface area (Å²) in [6, 6.07) is 6.26. The van der Waals surface area contributed by atoms with Gasteiger partial charge < -0.3 is 5.32 Å². The van der Waals surface area contributed by atoms with E-state index in [1.54, 1.807) is 6.92 Å². The minimum atomic E-state index is -3.53. The van der Waals surface area contributed by atoms with Gasteiger partial charge in [-0.3, -0.25) is 4.79 Å². The van der Waals surface area contributed by atoms with Crippen molar-refractivity contribution in [1.82, 2.24) is 0 Å². The second kappa shape index (κ2) is 3.86. The van der Waals surface area contributed by atoms with E-state index in [1.807, 2.05) is 6.07 Å². The first-order chi connectivity index (χ1) is 7.95. The molecule has 1 aromatic carbocycles. The molecule has 1 aromatic rings. The molecule has 88 valence electrons. The molecule has 1 heterocycles. The molecule has 5 nitrogen and oxygen atoms in total. The lowest BCUT2D eigenvalue weighted by atomic mass is 10.1. The third kappa shape index (κ3) is 1.89.